The van der Waals surface area contributed by atoms with E-state index in [0.717, 1.165) is 22.1 Å². The molecule has 6 nitrogen and oxygen atoms in total. The first-order valence-electron chi connectivity index (χ1n) is 10.8. The highest BCUT2D eigenvalue weighted by Crippen LogP contribution is 2.45. The number of ketones is 1. The van der Waals surface area contributed by atoms with Crippen LogP contribution >= 0.6 is 0 Å². The van der Waals surface area contributed by atoms with Crippen LogP contribution in [0.2, 0.25) is 0 Å². The minimum atomic E-state index is -0.845. The number of fused-ring (bicyclic) bond motifs is 2. The average Bonchev–Trinajstić information content (AvgIpc) is 3.09. The summed E-state index contributed by atoms with van der Waals surface area (Å²) in [7, 11) is 0. The van der Waals surface area contributed by atoms with Gasteiger partial charge in [-0.3, -0.25) is 4.79 Å². The first-order valence-corrected chi connectivity index (χ1v) is 10.8. The number of esters is 1. The number of Topliss-reactive ketones (excluding diaryl/α,β-unsaturated/α-hetero) is 1. The van der Waals surface area contributed by atoms with Crippen molar-refractivity contribution in [1.29, 1.82) is 0 Å². The zero-order valence-corrected chi connectivity index (χ0v) is 19.6. The molecule has 1 aliphatic rings. The highest BCUT2D eigenvalue weighted by molar-refractivity contribution is 6.14. The molecular formula is C27H26O6. The Morgan fingerprint density at radius 3 is 2.12 bits per heavy atom. The molecule has 0 radical (unpaired) electrons. The predicted octanol–water partition coefficient (Wildman–Crippen LogP) is 6.31. The van der Waals surface area contributed by atoms with E-state index >= 15 is 0 Å². The summed E-state index contributed by atoms with van der Waals surface area (Å²) < 4.78 is 16.4. The first-order chi connectivity index (χ1) is 15.5. The van der Waals surface area contributed by atoms with Crippen LogP contribution in [0.5, 0.6) is 5.75 Å². The van der Waals surface area contributed by atoms with Crippen molar-refractivity contribution >= 4 is 28.7 Å². The van der Waals surface area contributed by atoms with Crippen molar-refractivity contribution in [1.82, 2.24) is 0 Å². The number of carbonyl (C=O) groups is 3. The van der Waals surface area contributed by atoms with Crippen LogP contribution < -0.4 is 4.74 Å². The van der Waals surface area contributed by atoms with Crippen molar-refractivity contribution in [3.63, 3.8) is 0 Å². The van der Waals surface area contributed by atoms with Gasteiger partial charge in [-0.2, -0.15) is 0 Å². The van der Waals surface area contributed by atoms with Crippen molar-refractivity contribution < 1.29 is 28.6 Å². The second-order valence-corrected chi connectivity index (χ2v) is 9.32. The zero-order valence-electron chi connectivity index (χ0n) is 19.6. The van der Waals surface area contributed by atoms with E-state index in [-0.39, 0.29) is 18.1 Å². The maximum atomic E-state index is 12.8. The Morgan fingerprint density at radius 1 is 0.939 bits per heavy atom. The molecular weight excluding hydrogens is 420 g/mol. The summed E-state index contributed by atoms with van der Waals surface area (Å²) in [5.74, 6) is -0.249. The van der Waals surface area contributed by atoms with Gasteiger partial charge in [-0.05, 0) is 69.7 Å². The molecule has 1 aliphatic heterocycles. The third-order valence-electron chi connectivity index (χ3n) is 5.68. The van der Waals surface area contributed by atoms with Gasteiger partial charge in [0.2, 0.25) is 0 Å². The Balaban J connectivity index is 2.01. The summed E-state index contributed by atoms with van der Waals surface area (Å²) in [5.41, 5.74) is 4.22. The molecule has 33 heavy (non-hydrogen) atoms. The lowest BCUT2D eigenvalue weighted by atomic mass is 9.87. The largest absolute Gasteiger partial charge is 0.514 e. The number of ether oxygens (including phenoxy) is 3. The van der Waals surface area contributed by atoms with E-state index in [1.54, 1.807) is 32.9 Å². The van der Waals surface area contributed by atoms with Crippen LogP contribution in [-0.2, 0) is 16.1 Å². The maximum absolute atomic E-state index is 12.8. The molecule has 0 bridgehead atoms. The fourth-order valence-corrected chi connectivity index (χ4v) is 3.99. The SMILES string of the molecule is CC(=O)c1ccc(-c2c3c(c(OC(=O)OC(C)(C)C)c4cc(C)c(C)cc24)COC3=O)cc1. The van der Waals surface area contributed by atoms with Crippen LogP contribution in [0, 0.1) is 13.8 Å². The minimum Gasteiger partial charge on any atom is -0.457 e. The van der Waals surface area contributed by atoms with E-state index in [4.69, 9.17) is 14.2 Å². The van der Waals surface area contributed by atoms with E-state index in [9.17, 15) is 14.4 Å². The maximum Gasteiger partial charge on any atom is 0.514 e. The van der Waals surface area contributed by atoms with Crippen molar-refractivity contribution in [3.8, 4) is 16.9 Å². The second-order valence-electron chi connectivity index (χ2n) is 9.32. The zero-order chi connectivity index (χ0) is 24.1. The molecule has 0 aromatic heterocycles. The number of hydrogen-bond donors (Lipinski definition) is 0. The number of cyclic esters (lactones) is 1. The van der Waals surface area contributed by atoms with Gasteiger partial charge in [0, 0.05) is 22.1 Å². The van der Waals surface area contributed by atoms with Crippen LogP contribution in [0.4, 0.5) is 4.79 Å². The summed E-state index contributed by atoms with van der Waals surface area (Å²) in [6.45, 7) is 10.7. The van der Waals surface area contributed by atoms with Crippen LogP contribution in [-0.4, -0.2) is 23.5 Å². The highest BCUT2D eigenvalue weighted by Gasteiger charge is 2.34. The lowest BCUT2D eigenvalue weighted by Crippen LogP contribution is -2.26. The third kappa shape index (κ3) is 4.21. The third-order valence-corrected chi connectivity index (χ3v) is 5.68. The Bertz CT molecular complexity index is 1310. The number of hydrogen-bond acceptors (Lipinski definition) is 6. The number of carbonyl (C=O) groups excluding carboxylic acids is 3. The summed E-state index contributed by atoms with van der Waals surface area (Å²) in [6, 6.07) is 11.0. The lowest BCUT2D eigenvalue weighted by molar-refractivity contribution is 0.0206. The molecule has 6 heteroatoms. The van der Waals surface area contributed by atoms with Crippen LogP contribution in [0.1, 0.15) is 65.1 Å². The van der Waals surface area contributed by atoms with Crippen molar-refractivity contribution in [2.24, 2.45) is 0 Å². The molecule has 0 N–H and O–H groups in total. The van der Waals surface area contributed by atoms with Gasteiger partial charge in [0.1, 0.15) is 18.0 Å². The molecule has 1 heterocycles. The molecule has 0 unspecified atom stereocenters. The molecule has 0 saturated heterocycles. The van der Waals surface area contributed by atoms with Gasteiger partial charge in [-0.1, -0.05) is 30.3 Å². The molecule has 4 rings (SSSR count). The van der Waals surface area contributed by atoms with Gasteiger partial charge in [-0.15, -0.1) is 0 Å². The Labute approximate surface area is 192 Å². The fourth-order valence-electron chi connectivity index (χ4n) is 3.99. The molecule has 0 saturated carbocycles. The molecule has 3 aromatic rings. The van der Waals surface area contributed by atoms with Gasteiger partial charge in [-0.25, -0.2) is 9.59 Å². The van der Waals surface area contributed by atoms with Crippen LogP contribution in [0.15, 0.2) is 36.4 Å². The first kappa shape index (κ1) is 22.5. The monoisotopic (exact) mass is 446 g/mol. The van der Waals surface area contributed by atoms with E-state index in [2.05, 4.69) is 0 Å². The predicted molar refractivity (Wildman–Crippen MR) is 125 cm³/mol. The molecule has 170 valence electrons. The minimum absolute atomic E-state index is 0.00626. The molecule has 0 amide bonds. The van der Waals surface area contributed by atoms with Crippen LogP contribution in [0.25, 0.3) is 21.9 Å². The van der Waals surface area contributed by atoms with Crippen molar-refractivity contribution in [2.45, 2.75) is 53.8 Å². The molecule has 0 spiro atoms. The highest BCUT2D eigenvalue weighted by atomic mass is 16.7. The molecule has 0 atom stereocenters. The normalized spacial score (nSPS) is 13.0. The number of aryl methyl sites for hydroxylation is 2. The average molecular weight is 446 g/mol. The summed E-state index contributed by atoms with van der Waals surface area (Å²) in [5, 5.41) is 1.44. The van der Waals surface area contributed by atoms with Gasteiger partial charge >= 0.3 is 12.1 Å². The van der Waals surface area contributed by atoms with E-state index in [0.29, 0.717) is 27.6 Å². The topological polar surface area (TPSA) is 78.9 Å². The lowest BCUT2D eigenvalue weighted by Gasteiger charge is -2.21. The van der Waals surface area contributed by atoms with Gasteiger partial charge in [0.05, 0.1) is 5.56 Å². The molecule has 3 aromatic carbocycles. The molecule has 0 aliphatic carbocycles. The van der Waals surface area contributed by atoms with Crippen molar-refractivity contribution in [3.05, 3.63) is 64.2 Å². The van der Waals surface area contributed by atoms with Crippen LogP contribution in [0.3, 0.4) is 0 Å². The van der Waals surface area contributed by atoms with E-state index < -0.39 is 17.7 Å². The van der Waals surface area contributed by atoms with Crippen molar-refractivity contribution in [2.75, 3.05) is 0 Å². The Hall–Kier alpha value is -3.67. The Morgan fingerprint density at radius 2 is 1.55 bits per heavy atom. The number of rotatable bonds is 3. The number of benzene rings is 3. The second kappa shape index (κ2) is 8.03. The van der Waals surface area contributed by atoms with Gasteiger partial charge < -0.3 is 14.2 Å². The van der Waals surface area contributed by atoms with E-state index in [1.807, 2.05) is 38.1 Å². The van der Waals surface area contributed by atoms with E-state index in [1.165, 1.54) is 6.92 Å². The smallest absolute Gasteiger partial charge is 0.457 e. The Kier molecular flexibility index (Phi) is 5.48. The van der Waals surface area contributed by atoms with Gasteiger partial charge in [0.15, 0.2) is 5.78 Å². The fraction of sp³-hybridized carbons (Fsp3) is 0.296. The standard InChI is InChI=1S/C27H26O6/c1-14-11-19-20(12-15(14)2)24(32-26(30)33-27(4,5)6)21-13-31-25(29)23(21)22(19)18-9-7-17(8-10-18)16(3)28/h7-12H,13H2,1-6H3. The molecule has 0 fully saturated rings. The summed E-state index contributed by atoms with van der Waals surface area (Å²) >= 11 is 0. The quantitative estimate of drug-likeness (QED) is 0.266. The summed E-state index contributed by atoms with van der Waals surface area (Å²) in [6.07, 6.45) is -0.845. The summed E-state index contributed by atoms with van der Waals surface area (Å²) in [4.78, 5) is 37.1. The van der Waals surface area contributed by atoms with Gasteiger partial charge in [0.25, 0.3) is 0 Å².